The van der Waals surface area contributed by atoms with Crippen LogP contribution in [0.1, 0.15) is 39.5 Å². The highest BCUT2D eigenvalue weighted by Crippen LogP contribution is 2.38. The molecule has 0 saturated heterocycles. The molecular weight excluding hydrogens is 354 g/mol. The van der Waals surface area contributed by atoms with Crippen LogP contribution >= 0.6 is 0 Å². The molecule has 1 aliphatic heterocycles. The summed E-state index contributed by atoms with van der Waals surface area (Å²) in [5.74, 6) is 0.563. The maximum absolute atomic E-state index is 13.1. The third kappa shape index (κ3) is 3.03. The Morgan fingerprint density at radius 1 is 0.962 bits per heavy atom. The summed E-state index contributed by atoms with van der Waals surface area (Å²) in [5, 5.41) is 0. The molecule has 0 aromatic heterocycles. The van der Waals surface area contributed by atoms with E-state index in [-0.39, 0.29) is 28.7 Å². The van der Waals surface area contributed by atoms with Gasteiger partial charge in [0.2, 0.25) is 6.79 Å². The van der Waals surface area contributed by atoms with E-state index in [9.17, 15) is 13.2 Å². The molecule has 6 nitrogen and oxygen atoms in total. The smallest absolute Gasteiger partial charge is 0.262 e. The first-order chi connectivity index (χ1) is 12.1. The normalized spacial score (nSPS) is 13.0. The largest absolute Gasteiger partial charge is 0.454 e. The van der Waals surface area contributed by atoms with Gasteiger partial charge in [-0.2, -0.15) is 0 Å². The molecule has 7 heteroatoms. The summed E-state index contributed by atoms with van der Waals surface area (Å²) in [6, 6.07) is 4.96. The van der Waals surface area contributed by atoms with E-state index >= 15 is 0 Å². The van der Waals surface area contributed by atoms with Gasteiger partial charge in [0.05, 0.1) is 10.6 Å². The minimum Gasteiger partial charge on any atom is -0.454 e. The van der Waals surface area contributed by atoms with Crippen molar-refractivity contribution < 1.29 is 22.7 Å². The lowest BCUT2D eigenvalue weighted by Crippen LogP contribution is -2.18. The summed E-state index contributed by atoms with van der Waals surface area (Å²) in [5.41, 5.74) is 3.57. The number of ketones is 1. The quantitative estimate of drug-likeness (QED) is 0.825. The van der Waals surface area contributed by atoms with Crippen molar-refractivity contribution >= 4 is 21.5 Å². The molecule has 138 valence electrons. The molecule has 0 radical (unpaired) electrons. The topological polar surface area (TPSA) is 81.7 Å². The lowest BCUT2D eigenvalue weighted by molar-refractivity contribution is 0.101. The number of hydrogen-bond acceptors (Lipinski definition) is 5. The maximum Gasteiger partial charge on any atom is 0.262 e. The monoisotopic (exact) mass is 375 g/mol. The molecule has 1 aliphatic rings. The van der Waals surface area contributed by atoms with Gasteiger partial charge in [-0.15, -0.1) is 0 Å². The third-order valence-corrected chi connectivity index (χ3v) is 6.34. The molecule has 3 rings (SSSR count). The van der Waals surface area contributed by atoms with Gasteiger partial charge in [-0.25, -0.2) is 8.42 Å². The highest BCUT2D eigenvalue weighted by atomic mass is 32.2. The minimum absolute atomic E-state index is 0.0399. The molecular formula is C19H21NO5S. The van der Waals surface area contributed by atoms with E-state index in [0.717, 1.165) is 11.1 Å². The van der Waals surface area contributed by atoms with E-state index in [1.807, 2.05) is 19.9 Å². The van der Waals surface area contributed by atoms with Crippen LogP contribution in [-0.2, 0) is 10.0 Å². The second-order valence-electron chi connectivity index (χ2n) is 6.50. The van der Waals surface area contributed by atoms with Gasteiger partial charge in [0, 0.05) is 11.6 Å². The summed E-state index contributed by atoms with van der Waals surface area (Å²) in [4.78, 5) is 12.2. The van der Waals surface area contributed by atoms with Crippen molar-refractivity contribution in [1.82, 2.24) is 0 Å². The first kappa shape index (κ1) is 18.3. The van der Waals surface area contributed by atoms with Crippen molar-refractivity contribution in [1.29, 1.82) is 0 Å². The SMILES string of the molecule is CC(=O)c1cc2c(cc1NS(=O)(=O)c1c(C)c(C)cc(C)c1C)OCO2. The summed E-state index contributed by atoms with van der Waals surface area (Å²) in [6.07, 6.45) is 0. The molecule has 1 heterocycles. The fourth-order valence-corrected chi connectivity index (χ4v) is 4.79. The van der Waals surface area contributed by atoms with Crippen molar-refractivity contribution in [2.24, 2.45) is 0 Å². The molecule has 0 spiro atoms. The van der Waals surface area contributed by atoms with Crippen molar-refractivity contribution in [3.05, 3.63) is 46.0 Å². The van der Waals surface area contributed by atoms with Crippen LogP contribution in [0.3, 0.4) is 0 Å². The number of sulfonamides is 1. The summed E-state index contributed by atoms with van der Waals surface area (Å²) >= 11 is 0. The number of nitrogens with one attached hydrogen (secondary N) is 1. The average Bonchev–Trinajstić information content (AvgIpc) is 2.99. The Morgan fingerprint density at radius 3 is 2.04 bits per heavy atom. The number of hydrogen-bond donors (Lipinski definition) is 1. The molecule has 1 N–H and O–H groups in total. The van der Waals surface area contributed by atoms with Gasteiger partial charge in [-0.3, -0.25) is 9.52 Å². The number of Topliss-reactive ketones (excluding diaryl/α,β-unsaturated/α-hetero) is 1. The van der Waals surface area contributed by atoms with Gasteiger partial charge < -0.3 is 9.47 Å². The highest BCUT2D eigenvalue weighted by molar-refractivity contribution is 7.92. The lowest BCUT2D eigenvalue weighted by atomic mass is 10.0. The average molecular weight is 375 g/mol. The van der Waals surface area contributed by atoms with Crippen LogP contribution in [0.5, 0.6) is 11.5 Å². The highest BCUT2D eigenvalue weighted by Gasteiger charge is 2.26. The molecule has 0 unspecified atom stereocenters. The first-order valence-corrected chi connectivity index (χ1v) is 9.65. The number of anilines is 1. The number of ether oxygens (including phenoxy) is 2. The Balaban J connectivity index is 2.14. The molecule has 26 heavy (non-hydrogen) atoms. The van der Waals surface area contributed by atoms with Crippen molar-refractivity contribution in [3.8, 4) is 11.5 Å². The maximum atomic E-state index is 13.1. The molecule has 0 saturated carbocycles. The van der Waals surface area contributed by atoms with E-state index in [2.05, 4.69) is 4.72 Å². The van der Waals surface area contributed by atoms with E-state index in [4.69, 9.17) is 9.47 Å². The Bertz CT molecular complexity index is 999. The Morgan fingerprint density at radius 2 is 1.50 bits per heavy atom. The summed E-state index contributed by atoms with van der Waals surface area (Å²) < 4.78 is 39.4. The first-order valence-electron chi connectivity index (χ1n) is 8.16. The predicted octanol–water partition coefficient (Wildman–Crippen LogP) is 3.65. The van der Waals surface area contributed by atoms with Gasteiger partial charge in [0.25, 0.3) is 10.0 Å². The van der Waals surface area contributed by atoms with Crippen LogP contribution in [0, 0.1) is 27.7 Å². The molecule has 0 bridgehead atoms. The number of aryl methyl sites for hydroxylation is 2. The zero-order valence-electron chi connectivity index (χ0n) is 15.4. The van der Waals surface area contributed by atoms with Crippen LogP contribution in [-0.4, -0.2) is 21.0 Å². The fourth-order valence-electron chi connectivity index (χ4n) is 3.10. The number of benzene rings is 2. The van der Waals surface area contributed by atoms with Crippen LogP contribution in [0.15, 0.2) is 23.1 Å². The number of fused-ring (bicyclic) bond motifs is 1. The van der Waals surface area contributed by atoms with Crippen LogP contribution in [0.25, 0.3) is 0 Å². The molecule has 2 aromatic carbocycles. The molecule has 0 atom stereocenters. The molecule has 0 fully saturated rings. The van der Waals surface area contributed by atoms with Gasteiger partial charge in [0.1, 0.15) is 0 Å². The predicted molar refractivity (Wildman–Crippen MR) is 98.8 cm³/mol. The molecule has 0 aliphatic carbocycles. The molecule has 2 aromatic rings. The summed E-state index contributed by atoms with van der Waals surface area (Å²) in [7, 11) is -3.89. The van der Waals surface area contributed by atoms with Crippen molar-refractivity contribution in [2.45, 2.75) is 39.5 Å². The Hall–Kier alpha value is -2.54. The second kappa shape index (κ2) is 6.32. The van der Waals surface area contributed by atoms with Crippen LogP contribution in [0.4, 0.5) is 5.69 Å². The van der Waals surface area contributed by atoms with Gasteiger partial charge in [0.15, 0.2) is 17.3 Å². The lowest BCUT2D eigenvalue weighted by Gasteiger charge is -2.18. The third-order valence-electron chi connectivity index (χ3n) is 4.70. The number of carbonyl (C=O) groups excluding carboxylic acids is 1. The van der Waals surface area contributed by atoms with Gasteiger partial charge >= 0.3 is 0 Å². The number of carbonyl (C=O) groups is 1. The van der Waals surface area contributed by atoms with E-state index in [0.29, 0.717) is 22.6 Å². The standard InChI is InChI=1S/C19H21NO5S/c1-10-6-11(2)13(4)19(12(10)3)26(22,23)20-16-8-18-17(24-9-25-18)7-15(16)14(5)21/h6-8,20H,9H2,1-5H3. The van der Waals surface area contributed by atoms with Crippen molar-refractivity contribution in [2.75, 3.05) is 11.5 Å². The minimum atomic E-state index is -3.89. The van der Waals surface area contributed by atoms with Gasteiger partial charge in [-0.1, -0.05) is 6.07 Å². The summed E-state index contributed by atoms with van der Waals surface area (Å²) in [6.45, 7) is 8.73. The van der Waals surface area contributed by atoms with E-state index in [1.54, 1.807) is 13.8 Å². The Kier molecular flexibility index (Phi) is 4.44. The van der Waals surface area contributed by atoms with Crippen LogP contribution < -0.4 is 14.2 Å². The zero-order valence-corrected chi connectivity index (χ0v) is 16.2. The number of rotatable bonds is 4. The van der Waals surface area contributed by atoms with Crippen molar-refractivity contribution in [3.63, 3.8) is 0 Å². The zero-order chi connectivity index (χ0) is 19.2. The Labute approximate surface area is 153 Å². The van der Waals surface area contributed by atoms with Gasteiger partial charge in [-0.05, 0) is 62.9 Å². The second-order valence-corrected chi connectivity index (χ2v) is 8.12. The van der Waals surface area contributed by atoms with E-state index < -0.39 is 10.0 Å². The van der Waals surface area contributed by atoms with E-state index in [1.165, 1.54) is 19.1 Å². The van der Waals surface area contributed by atoms with Crippen LogP contribution in [0.2, 0.25) is 0 Å². The fraction of sp³-hybridized carbons (Fsp3) is 0.316. The molecule has 0 amide bonds.